The SMILES string of the molecule is Cc1cc(F)c(-c2cc(/C=C/C(=O)c3ccc(Cl)c(C)c3)[nH]n2)cc1C. The summed E-state index contributed by atoms with van der Waals surface area (Å²) in [6.45, 7) is 5.64. The Hall–Kier alpha value is -2.72. The monoisotopic (exact) mass is 368 g/mol. The van der Waals surface area contributed by atoms with E-state index in [1.807, 2.05) is 20.8 Å². The Morgan fingerprint density at radius 3 is 2.54 bits per heavy atom. The van der Waals surface area contributed by atoms with Gasteiger partial charge in [-0.2, -0.15) is 5.10 Å². The quantitative estimate of drug-likeness (QED) is 0.475. The van der Waals surface area contributed by atoms with Gasteiger partial charge in [-0.15, -0.1) is 0 Å². The Morgan fingerprint density at radius 2 is 1.81 bits per heavy atom. The standard InChI is InChI=1S/C21H18ClFN2O/c1-12-9-17(19(23)10-13(12)2)20-11-16(24-25-20)5-7-21(26)15-4-6-18(22)14(3)8-15/h4-11H,1-3H3,(H,24,25)/b7-5+. The largest absolute Gasteiger partial charge is 0.289 e. The van der Waals surface area contributed by atoms with E-state index in [4.69, 9.17) is 11.6 Å². The van der Waals surface area contributed by atoms with Gasteiger partial charge in [-0.25, -0.2) is 4.39 Å². The average molecular weight is 369 g/mol. The highest BCUT2D eigenvalue weighted by Gasteiger charge is 2.11. The van der Waals surface area contributed by atoms with Crippen LogP contribution in [0.15, 0.2) is 42.5 Å². The molecule has 1 N–H and O–H groups in total. The van der Waals surface area contributed by atoms with Gasteiger partial charge in [-0.3, -0.25) is 9.89 Å². The van der Waals surface area contributed by atoms with E-state index >= 15 is 0 Å². The summed E-state index contributed by atoms with van der Waals surface area (Å²) in [6.07, 6.45) is 3.08. The molecule has 0 atom stereocenters. The molecule has 0 unspecified atom stereocenters. The first-order valence-corrected chi connectivity index (χ1v) is 8.54. The van der Waals surface area contributed by atoms with E-state index < -0.39 is 0 Å². The lowest BCUT2D eigenvalue weighted by Gasteiger charge is -2.04. The molecule has 0 aliphatic rings. The topological polar surface area (TPSA) is 45.8 Å². The Bertz CT molecular complexity index is 1020. The van der Waals surface area contributed by atoms with Gasteiger partial charge >= 0.3 is 0 Å². The summed E-state index contributed by atoms with van der Waals surface area (Å²) in [4.78, 5) is 12.3. The van der Waals surface area contributed by atoms with E-state index in [9.17, 15) is 9.18 Å². The molecule has 0 radical (unpaired) electrons. The molecule has 3 nitrogen and oxygen atoms in total. The maximum Gasteiger partial charge on any atom is 0.185 e. The molecule has 132 valence electrons. The van der Waals surface area contributed by atoms with Crippen molar-refractivity contribution >= 4 is 23.5 Å². The predicted octanol–water partition coefficient (Wildman–Crippen LogP) is 5.69. The fraction of sp³-hybridized carbons (Fsp3) is 0.143. The van der Waals surface area contributed by atoms with Gasteiger partial charge in [0.2, 0.25) is 0 Å². The number of carbonyl (C=O) groups is 1. The van der Waals surface area contributed by atoms with Gasteiger partial charge in [-0.1, -0.05) is 11.6 Å². The molecule has 0 amide bonds. The molecule has 1 aromatic heterocycles. The van der Waals surface area contributed by atoms with Crippen LogP contribution in [0, 0.1) is 26.6 Å². The summed E-state index contributed by atoms with van der Waals surface area (Å²) < 4.78 is 14.2. The van der Waals surface area contributed by atoms with Crippen molar-refractivity contribution in [2.24, 2.45) is 0 Å². The third kappa shape index (κ3) is 3.75. The lowest BCUT2D eigenvalue weighted by atomic mass is 10.0. The zero-order valence-corrected chi connectivity index (χ0v) is 15.5. The molecular formula is C21H18ClFN2O. The second kappa shape index (κ2) is 7.26. The minimum atomic E-state index is -0.317. The second-order valence-corrected chi connectivity index (χ2v) is 6.69. The van der Waals surface area contributed by atoms with Crippen LogP contribution in [0.25, 0.3) is 17.3 Å². The van der Waals surface area contributed by atoms with Crippen LogP contribution < -0.4 is 0 Å². The number of hydrogen-bond donors (Lipinski definition) is 1. The van der Waals surface area contributed by atoms with E-state index in [0.717, 1.165) is 16.7 Å². The van der Waals surface area contributed by atoms with Crippen LogP contribution in [-0.4, -0.2) is 16.0 Å². The first-order valence-electron chi connectivity index (χ1n) is 8.16. The number of ketones is 1. The molecule has 1 heterocycles. The van der Waals surface area contributed by atoms with Crippen molar-refractivity contribution in [3.8, 4) is 11.3 Å². The van der Waals surface area contributed by atoms with E-state index in [-0.39, 0.29) is 11.6 Å². The number of hydrogen-bond acceptors (Lipinski definition) is 2. The minimum Gasteiger partial charge on any atom is -0.289 e. The minimum absolute atomic E-state index is 0.140. The number of allylic oxidation sites excluding steroid dienone is 1. The van der Waals surface area contributed by atoms with E-state index in [2.05, 4.69) is 10.2 Å². The van der Waals surface area contributed by atoms with Gasteiger partial charge < -0.3 is 0 Å². The zero-order valence-electron chi connectivity index (χ0n) is 14.7. The number of aryl methyl sites for hydroxylation is 3. The molecule has 0 spiro atoms. The van der Waals surface area contributed by atoms with Crippen molar-refractivity contribution in [2.75, 3.05) is 0 Å². The van der Waals surface area contributed by atoms with Crippen molar-refractivity contribution in [2.45, 2.75) is 20.8 Å². The van der Waals surface area contributed by atoms with Gasteiger partial charge in [0.25, 0.3) is 0 Å². The fourth-order valence-corrected chi connectivity index (χ4v) is 2.71. The van der Waals surface area contributed by atoms with Gasteiger partial charge in [0.05, 0.1) is 11.4 Å². The Labute approximate surface area is 156 Å². The van der Waals surface area contributed by atoms with E-state index in [0.29, 0.717) is 27.5 Å². The van der Waals surface area contributed by atoms with Crippen LogP contribution in [0.5, 0.6) is 0 Å². The first kappa shape index (κ1) is 18.1. The number of aromatic amines is 1. The van der Waals surface area contributed by atoms with Crippen LogP contribution >= 0.6 is 11.6 Å². The Kier molecular flexibility index (Phi) is 5.05. The smallest absolute Gasteiger partial charge is 0.185 e. The number of aromatic nitrogens is 2. The summed E-state index contributed by atoms with van der Waals surface area (Å²) >= 11 is 5.98. The lowest BCUT2D eigenvalue weighted by Crippen LogP contribution is -1.94. The van der Waals surface area contributed by atoms with Crippen LogP contribution in [0.3, 0.4) is 0 Å². The molecule has 26 heavy (non-hydrogen) atoms. The van der Waals surface area contributed by atoms with Crippen LogP contribution in [0.1, 0.15) is 32.7 Å². The fourth-order valence-electron chi connectivity index (χ4n) is 2.60. The van der Waals surface area contributed by atoms with Crippen LogP contribution in [0.4, 0.5) is 4.39 Å². The van der Waals surface area contributed by atoms with Crippen molar-refractivity contribution in [1.29, 1.82) is 0 Å². The third-order valence-electron chi connectivity index (χ3n) is 4.31. The number of halogens is 2. The number of carbonyl (C=O) groups excluding carboxylic acids is 1. The molecule has 0 aliphatic heterocycles. The molecule has 0 aliphatic carbocycles. The molecule has 5 heteroatoms. The number of nitrogens with one attached hydrogen (secondary N) is 1. The highest BCUT2D eigenvalue weighted by atomic mass is 35.5. The molecule has 0 bridgehead atoms. The zero-order chi connectivity index (χ0) is 18.8. The summed E-state index contributed by atoms with van der Waals surface area (Å²) in [7, 11) is 0. The Morgan fingerprint density at radius 1 is 1.08 bits per heavy atom. The normalized spacial score (nSPS) is 11.3. The Balaban J connectivity index is 1.82. The van der Waals surface area contributed by atoms with Crippen LogP contribution in [-0.2, 0) is 0 Å². The average Bonchev–Trinajstić information content (AvgIpc) is 3.07. The summed E-state index contributed by atoms with van der Waals surface area (Å²) in [5.74, 6) is -0.457. The van der Waals surface area contributed by atoms with Crippen molar-refractivity contribution in [1.82, 2.24) is 10.2 Å². The number of nitrogens with zero attached hydrogens (tertiary/aromatic N) is 1. The predicted molar refractivity (Wildman–Crippen MR) is 103 cm³/mol. The molecule has 2 aromatic carbocycles. The lowest BCUT2D eigenvalue weighted by molar-refractivity contribution is 0.104. The molecular weight excluding hydrogens is 351 g/mol. The van der Waals surface area contributed by atoms with Gasteiger partial charge in [0.15, 0.2) is 5.78 Å². The van der Waals surface area contributed by atoms with E-state index in [1.165, 1.54) is 12.1 Å². The van der Waals surface area contributed by atoms with Crippen LogP contribution in [0.2, 0.25) is 5.02 Å². The molecule has 0 saturated heterocycles. The second-order valence-electron chi connectivity index (χ2n) is 6.29. The number of benzene rings is 2. The van der Waals surface area contributed by atoms with Crippen molar-refractivity contribution < 1.29 is 9.18 Å². The molecule has 0 fully saturated rings. The summed E-state index contributed by atoms with van der Waals surface area (Å²) in [5, 5.41) is 7.59. The maximum absolute atomic E-state index is 14.2. The van der Waals surface area contributed by atoms with Gasteiger partial charge in [0.1, 0.15) is 5.82 Å². The van der Waals surface area contributed by atoms with Crippen molar-refractivity contribution in [3.63, 3.8) is 0 Å². The number of rotatable bonds is 4. The summed E-state index contributed by atoms with van der Waals surface area (Å²) in [6, 6.07) is 10.1. The molecule has 0 saturated carbocycles. The molecule has 3 aromatic rings. The number of H-pyrrole nitrogens is 1. The van der Waals surface area contributed by atoms with Gasteiger partial charge in [-0.05, 0) is 86.0 Å². The highest BCUT2D eigenvalue weighted by Crippen LogP contribution is 2.25. The molecule has 3 rings (SSSR count). The maximum atomic E-state index is 14.2. The van der Waals surface area contributed by atoms with Gasteiger partial charge in [0, 0.05) is 16.1 Å². The summed E-state index contributed by atoms with van der Waals surface area (Å²) in [5.41, 5.74) is 4.85. The first-order chi connectivity index (χ1) is 12.3. The highest BCUT2D eigenvalue weighted by molar-refractivity contribution is 6.31. The third-order valence-corrected chi connectivity index (χ3v) is 4.74. The van der Waals surface area contributed by atoms with E-state index in [1.54, 1.807) is 36.4 Å². The van der Waals surface area contributed by atoms with Crippen molar-refractivity contribution in [3.05, 3.63) is 81.3 Å².